The average molecular weight is 252 g/mol. The number of aryl methyl sites for hydroxylation is 1. The van der Waals surface area contributed by atoms with Crippen molar-refractivity contribution in [3.05, 3.63) is 24.2 Å². The zero-order valence-corrected chi connectivity index (χ0v) is 11.5. The fraction of sp³-hybridized carbons (Fsp3) is 0.500. The van der Waals surface area contributed by atoms with Gasteiger partial charge >= 0.3 is 0 Å². The standard InChI is InChI=1S/C14H21FN2O/c1-6-16-14-13(10(2)3)12(15)9-17(14)8-7-11(4)18-5/h6,9,11H,2,7-8H2,1,3-5H3. The summed E-state index contributed by atoms with van der Waals surface area (Å²) in [4.78, 5) is 4.25. The third-order valence-electron chi connectivity index (χ3n) is 2.86. The molecule has 0 aliphatic carbocycles. The van der Waals surface area contributed by atoms with Crippen molar-refractivity contribution in [3.8, 4) is 0 Å². The highest BCUT2D eigenvalue weighted by molar-refractivity contribution is 5.74. The van der Waals surface area contributed by atoms with Gasteiger partial charge in [-0.3, -0.25) is 0 Å². The van der Waals surface area contributed by atoms with Crippen molar-refractivity contribution in [2.45, 2.75) is 39.8 Å². The Balaban J connectivity index is 3.04. The first-order valence-corrected chi connectivity index (χ1v) is 6.07. The molecule has 0 spiro atoms. The van der Waals surface area contributed by atoms with E-state index in [1.807, 2.05) is 18.4 Å². The maximum Gasteiger partial charge on any atom is 0.150 e. The van der Waals surface area contributed by atoms with Crippen LogP contribution in [0.4, 0.5) is 10.2 Å². The number of ether oxygens (including phenoxy) is 1. The lowest BCUT2D eigenvalue weighted by atomic mass is 10.1. The lowest BCUT2D eigenvalue weighted by molar-refractivity contribution is 0.107. The molecule has 1 atom stereocenters. The molecule has 0 fully saturated rings. The highest BCUT2D eigenvalue weighted by Crippen LogP contribution is 2.30. The van der Waals surface area contributed by atoms with E-state index >= 15 is 0 Å². The average Bonchev–Trinajstić information content (AvgIpc) is 2.63. The quantitative estimate of drug-likeness (QED) is 0.707. The Morgan fingerprint density at radius 3 is 2.83 bits per heavy atom. The normalized spacial score (nSPS) is 13.2. The lowest BCUT2D eigenvalue weighted by Gasteiger charge is -2.11. The molecule has 0 aliphatic rings. The second-order valence-electron chi connectivity index (χ2n) is 4.37. The Bertz CT molecular complexity index is 449. The molecule has 0 amide bonds. The summed E-state index contributed by atoms with van der Waals surface area (Å²) in [6.07, 6.45) is 4.10. The molecule has 0 bridgehead atoms. The maximum atomic E-state index is 13.9. The Labute approximate surface area is 108 Å². The van der Waals surface area contributed by atoms with Crippen molar-refractivity contribution < 1.29 is 9.13 Å². The van der Waals surface area contributed by atoms with E-state index in [-0.39, 0.29) is 11.9 Å². The van der Waals surface area contributed by atoms with E-state index in [9.17, 15) is 4.39 Å². The molecule has 100 valence electrons. The van der Waals surface area contributed by atoms with Gasteiger partial charge < -0.3 is 9.30 Å². The van der Waals surface area contributed by atoms with E-state index < -0.39 is 0 Å². The molecule has 1 rings (SSSR count). The van der Waals surface area contributed by atoms with E-state index in [1.54, 1.807) is 20.2 Å². The summed E-state index contributed by atoms with van der Waals surface area (Å²) in [5.41, 5.74) is 1.19. The molecule has 4 heteroatoms. The van der Waals surface area contributed by atoms with Crippen molar-refractivity contribution in [1.29, 1.82) is 0 Å². The second kappa shape index (κ2) is 6.50. The Hall–Kier alpha value is -1.42. The van der Waals surface area contributed by atoms with Crippen LogP contribution in [0.15, 0.2) is 17.8 Å². The first-order valence-electron chi connectivity index (χ1n) is 6.07. The molecular weight excluding hydrogens is 231 g/mol. The predicted octanol–water partition coefficient (Wildman–Crippen LogP) is 3.81. The van der Waals surface area contributed by atoms with Gasteiger partial charge in [-0.15, -0.1) is 0 Å². The van der Waals surface area contributed by atoms with Gasteiger partial charge in [-0.05, 0) is 32.8 Å². The monoisotopic (exact) mass is 252 g/mol. The third kappa shape index (κ3) is 3.29. The maximum absolute atomic E-state index is 13.9. The van der Waals surface area contributed by atoms with Crippen molar-refractivity contribution in [2.24, 2.45) is 4.99 Å². The minimum absolute atomic E-state index is 0.141. The number of rotatable bonds is 6. The fourth-order valence-corrected chi connectivity index (χ4v) is 1.78. The molecule has 1 aromatic rings. The van der Waals surface area contributed by atoms with Crippen LogP contribution >= 0.6 is 0 Å². The molecule has 0 saturated heterocycles. The van der Waals surface area contributed by atoms with Gasteiger partial charge in [0.25, 0.3) is 0 Å². The van der Waals surface area contributed by atoms with Gasteiger partial charge in [0.05, 0.1) is 11.7 Å². The summed E-state index contributed by atoms with van der Waals surface area (Å²) in [5, 5.41) is 0. The number of allylic oxidation sites excluding steroid dienone is 1. The van der Waals surface area contributed by atoms with Gasteiger partial charge in [-0.25, -0.2) is 9.38 Å². The van der Waals surface area contributed by atoms with E-state index in [0.29, 0.717) is 23.5 Å². The summed E-state index contributed by atoms with van der Waals surface area (Å²) >= 11 is 0. The van der Waals surface area contributed by atoms with Gasteiger partial charge in [0, 0.05) is 26.1 Å². The highest BCUT2D eigenvalue weighted by atomic mass is 19.1. The zero-order valence-electron chi connectivity index (χ0n) is 11.5. The molecule has 3 nitrogen and oxygen atoms in total. The molecule has 0 aromatic carbocycles. The molecule has 1 heterocycles. The molecule has 1 unspecified atom stereocenters. The summed E-state index contributed by atoms with van der Waals surface area (Å²) in [5.74, 6) is 0.360. The molecular formula is C14H21FN2O. The first kappa shape index (κ1) is 14.6. The van der Waals surface area contributed by atoms with Gasteiger partial charge in [0.1, 0.15) is 5.82 Å². The van der Waals surface area contributed by atoms with Gasteiger partial charge in [0.2, 0.25) is 0 Å². The van der Waals surface area contributed by atoms with E-state index in [4.69, 9.17) is 4.74 Å². The van der Waals surface area contributed by atoms with E-state index in [0.717, 1.165) is 6.42 Å². The summed E-state index contributed by atoms with van der Waals surface area (Å²) in [6, 6.07) is 0. The number of halogens is 1. The SMILES string of the molecule is C=C(C)c1c(F)cn(CCC(C)OC)c1N=CC. The van der Waals surface area contributed by atoms with Crippen LogP contribution in [-0.2, 0) is 11.3 Å². The topological polar surface area (TPSA) is 26.5 Å². The van der Waals surface area contributed by atoms with Crippen molar-refractivity contribution in [3.63, 3.8) is 0 Å². The Morgan fingerprint density at radius 2 is 2.33 bits per heavy atom. The first-order chi connectivity index (χ1) is 8.51. The van der Waals surface area contributed by atoms with Crippen LogP contribution in [0.2, 0.25) is 0 Å². The molecule has 1 aromatic heterocycles. The second-order valence-corrected chi connectivity index (χ2v) is 4.37. The molecule has 0 N–H and O–H groups in total. The lowest BCUT2D eigenvalue weighted by Crippen LogP contribution is -2.09. The van der Waals surface area contributed by atoms with Gasteiger partial charge in [-0.2, -0.15) is 0 Å². The van der Waals surface area contributed by atoms with Crippen LogP contribution in [0.3, 0.4) is 0 Å². The fourth-order valence-electron chi connectivity index (χ4n) is 1.78. The Morgan fingerprint density at radius 1 is 1.67 bits per heavy atom. The molecule has 0 aliphatic heterocycles. The molecule has 0 saturated carbocycles. The van der Waals surface area contributed by atoms with Crippen molar-refractivity contribution in [1.82, 2.24) is 4.57 Å². The number of hydrogen-bond acceptors (Lipinski definition) is 2. The molecule has 18 heavy (non-hydrogen) atoms. The Kier molecular flexibility index (Phi) is 5.28. The smallest absolute Gasteiger partial charge is 0.150 e. The number of nitrogens with zero attached hydrogens (tertiary/aromatic N) is 2. The van der Waals surface area contributed by atoms with E-state index in [1.165, 1.54) is 6.20 Å². The minimum Gasteiger partial charge on any atom is -0.382 e. The summed E-state index contributed by atoms with van der Waals surface area (Å²) in [7, 11) is 1.67. The summed E-state index contributed by atoms with van der Waals surface area (Å²) < 4.78 is 20.9. The third-order valence-corrected chi connectivity index (χ3v) is 2.86. The number of methoxy groups -OCH3 is 1. The highest BCUT2D eigenvalue weighted by Gasteiger charge is 2.16. The minimum atomic E-state index is -0.270. The van der Waals surface area contributed by atoms with E-state index in [2.05, 4.69) is 11.6 Å². The van der Waals surface area contributed by atoms with Crippen LogP contribution in [0.5, 0.6) is 0 Å². The number of hydrogen-bond donors (Lipinski definition) is 0. The number of aliphatic imine (C=N–C) groups is 1. The van der Waals surface area contributed by atoms with Crippen molar-refractivity contribution in [2.75, 3.05) is 7.11 Å². The zero-order chi connectivity index (χ0) is 13.7. The van der Waals surface area contributed by atoms with Crippen LogP contribution in [0.1, 0.15) is 32.8 Å². The largest absolute Gasteiger partial charge is 0.382 e. The number of aromatic nitrogens is 1. The molecule has 0 radical (unpaired) electrons. The van der Waals surface area contributed by atoms with Crippen LogP contribution in [0.25, 0.3) is 5.57 Å². The van der Waals surface area contributed by atoms with Gasteiger partial charge in [-0.1, -0.05) is 6.58 Å². The van der Waals surface area contributed by atoms with Gasteiger partial charge in [0.15, 0.2) is 5.82 Å². The van der Waals surface area contributed by atoms with Crippen molar-refractivity contribution >= 4 is 17.6 Å². The van der Waals surface area contributed by atoms with Crippen LogP contribution in [-0.4, -0.2) is 24.0 Å². The van der Waals surface area contributed by atoms with Crippen LogP contribution in [0, 0.1) is 5.82 Å². The van der Waals surface area contributed by atoms with Crippen LogP contribution < -0.4 is 0 Å². The predicted molar refractivity (Wildman–Crippen MR) is 74.0 cm³/mol. The summed E-state index contributed by atoms with van der Waals surface area (Å²) in [6.45, 7) is 10.1.